The van der Waals surface area contributed by atoms with E-state index in [-0.39, 0.29) is 6.17 Å². The van der Waals surface area contributed by atoms with Crippen LogP contribution in [-0.2, 0) is 6.54 Å². The topological polar surface area (TPSA) is 55.2 Å². The Bertz CT molecular complexity index is 807. The van der Waals surface area contributed by atoms with Gasteiger partial charge in [-0.1, -0.05) is 40.5 Å². The Morgan fingerprint density at radius 3 is 2.59 bits per heavy atom. The molecule has 0 saturated carbocycles. The summed E-state index contributed by atoms with van der Waals surface area (Å²) >= 11 is 0. The zero-order valence-corrected chi connectivity index (χ0v) is 12.7. The average Bonchev–Trinajstić information content (AvgIpc) is 2.50. The van der Waals surface area contributed by atoms with Crippen molar-refractivity contribution in [2.45, 2.75) is 26.6 Å². The van der Waals surface area contributed by atoms with Crippen LogP contribution >= 0.6 is 0 Å². The Kier molecular flexibility index (Phi) is 2.78. The molecule has 1 unspecified atom stereocenters. The van der Waals surface area contributed by atoms with Crippen molar-refractivity contribution in [3.05, 3.63) is 69.1 Å². The average molecular weight is 291 g/mol. The molecule has 0 aromatic heterocycles. The van der Waals surface area contributed by atoms with Gasteiger partial charge in [-0.15, -0.1) is 0 Å². The van der Waals surface area contributed by atoms with E-state index in [1.54, 1.807) is 0 Å². The highest BCUT2D eigenvalue weighted by Gasteiger charge is 2.35. The Morgan fingerprint density at radius 1 is 1.09 bits per heavy atom. The van der Waals surface area contributed by atoms with Crippen LogP contribution in [0.2, 0.25) is 0 Å². The second-order valence-electron chi connectivity index (χ2n) is 6.08. The van der Waals surface area contributed by atoms with Crippen molar-refractivity contribution in [3.8, 4) is 0 Å². The number of hydrogen-bond donors (Lipinski definition) is 0. The summed E-state index contributed by atoms with van der Waals surface area (Å²) in [6.45, 7) is 5.83. The first-order valence-corrected chi connectivity index (χ1v) is 7.43. The number of fused-ring (bicyclic) bond motifs is 6. The number of azide groups is 1. The van der Waals surface area contributed by atoms with Gasteiger partial charge >= 0.3 is 0 Å². The third-order valence-corrected chi connectivity index (χ3v) is 4.49. The van der Waals surface area contributed by atoms with Crippen molar-refractivity contribution in [3.63, 3.8) is 0 Å². The van der Waals surface area contributed by atoms with E-state index >= 15 is 0 Å². The molecule has 2 aromatic rings. The van der Waals surface area contributed by atoms with Gasteiger partial charge in [-0.3, -0.25) is 0 Å². The molecular weight excluding hydrogens is 274 g/mol. The molecule has 0 fully saturated rings. The van der Waals surface area contributed by atoms with Crippen molar-refractivity contribution in [1.29, 1.82) is 0 Å². The summed E-state index contributed by atoms with van der Waals surface area (Å²) in [5.74, 6) is 0. The van der Waals surface area contributed by atoms with Crippen molar-refractivity contribution in [2.24, 2.45) is 5.11 Å². The molecule has 0 amide bonds. The number of anilines is 2. The smallest absolute Gasteiger partial charge is 0.137 e. The molecule has 0 radical (unpaired) electrons. The van der Waals surface area contributed by atoms with Crippen LogP contribution in [0.5, 0.6) is 0 Å². The van der Waals surface area contributed by atoms with E-state index in [1.165, 1.54) is 28.1 Å². The molecule has 5 nitrogen and oxygen atoms in total. The van der Waals surface area contributed by atoms with Crippen molar-refractivity contribution >= 4 is 11.4 Å². The fourth-order valence-corrected chi connectivity index (χ4v) is 3.52. The fraction of sp³-hybridized carbons (Fsp3) is 0.294. The molecule has 22 heavy (non-hydrogen) atoms. The summed E-state index contributed by atoms with van der Waals surface area (Å²) in [7, 11) is 0. The molecule has 2 aliphatic heterocycles. The minimum Gasteiger partial charge on any atom is -0.349 e. The van der Waals surface area contributed by atoms with Gasteiger partial charge in [-0.05, 0) is 37.1 Å². The lowest BCUT2D eigenvalue weighted by Crippen LogP contribution is -2.48. The molecule has 0 saturated heterocycles. The van der Waals surface area contributed by atoms with Gasteiger partial charge < -0.3 is 9.80 Å². The maximum atomic E-state index is 9.02. The van der Waals surface area contributed by atoms with Gasteiger partial charge in [0.15, 0.2) is 0 Å². The van der Waals surface area contributed by atoms with Gasteiger partial charge in [0.2, 0.25) is 0 Å². The molecule has 2 bridgehead atoms. The number of nitrogens with zero attached hydrogens (tertiary/aromatic N) is 5. The molecule has 0 N–H and O–H groups in total. The molecule has 2 aliphatic rings. The fourth-order valence-electron chi connectivity index (χ4n) is 3.52. The summed E-state index contributed by atoms with van der Waals surface area (Å²) in [5, 5.41) is 4.09. The lowest BCUT2D eigenvalue weighted by molar-refractivity contribution is 0.560. The van der Waals surface area contributed by atoms with E-state index in [0.717, 1.165) is 18.8 Å². The second-order valence-corrected chi connectivity index (χ2v) is 6.08. The number of benzene rings is 2. The minimum absolute atomic E-state index is 0.280. The van der Waals surface area contributed by atoms with Gasteiger partial charge in [0.1, 0.15) is 6.17 Å². The molecule has 2 heterocycles. The zero-order chi connectivity index (χ0) is 15.3. The van der Waals surface area contributed by atoms with E-state index in [1.807, 2.05) is 0 Å². The number of aryl methyl sites for hydroxylation is 2. The highest BCUT2D eigenvalue weighted by Crippen LogP contribution is 2.44. The molecule has 1 atom stereocenters. The quantitative estimate of drug-likeness (QED) is 0.444. The monoisotopic (exact) mass is 291 g/mol. The second kappa shape index (κ2) is 4.68. The summed E-state index contributed by atoms with van der Waals surface area (Å²) in [5.41, 5.74) is 16.2. The lowest BCUT2D eigenvalue weighted by atomic mass is 9.97. The van der Waals surface area contributed by atoms with Crippen LogP contribution in [0.25, 0.3) is 10.4 Å². The van der Waals surface area contributed by atoms with Crippen molar-refractivity contribution < 1.29 is 0 Å². The normalized spacial score (nSPS) is 18.4. The molecule has 0 spiro atoms. The SMILES string of the molecule is Cc1ccc2c(c1)CN1CN2C(N=[N+]=[N-])c2cc(C)ccc21. The van der Waals surface area contributed by atoms with Crippen LogP contribution in [0.4, 0.5) is 11.4 Å². The molecule has 0 aliphatic carbocycles. The maximum Gasteiger partial charge on any atom is 0.137 e. The Hall–Kier alpha value is -2.65. The summed E-state index contributed by atoms with van der Waals surface area (Å²) < 4.78 is 0. The Morgan fingerprint density at radius 2 is 1.82 bits per heavy atom. The highest BCUT2D eigenvalue weighted by atomic mass is 15.4. The summed E-state index contributed by atoms with van der Waals surface area (Å²) in [6.07, 6.45) is -0.280. The van der Waals surface area contributed by atoms with E-state index in [4.69, 9.17) is 5.53 Å². The van der Waals surface area contributed by atoms with Crippen LogP contribution in [-0.4, -0.2) is 6.67 Å². The first kappa shape index (κ1) is 13.0. The maximum absolute atomic E-state index is 9.02. The minimum atomic E-state index is -0.280. The zero-order valence-electron chi connectivity index (χ0n) is 12.7. The lowest BCUT2D eigenvalue weighted by Gasteiger charge is -2.48. The standard InChI is InChI=1S/C17H17N5/c1-11-3-5-15-13(7-11)9-21-10-22(15)17(19-20-18)14-8-12(2)4-6-16(14)21/h3-8,17H,9-10H2,1-2H3. The predicted molar refractivity (Wildman–Crippen MR) is 87.8 cm³/mol. The van der Waals surface area contributed by atoms with Gasteiger partial charge in [-0.25, -0.2) is 0 Å². The Balaban J connectivity index is 1.93. The first-order valence-electron chi connectivity index (χ1n) is 7.43. The predicted octanol–water partition coefficient (Wildman–Crippen LogP) is 4.41. The Labute approximate surface area is 129 Å². The number of rotatable bonds is 1. The molecule has 4 rings (SSSR count). The van der Waals surface area contributed by atoms with Crippen molar-refractivity contribution in [1.82, 2.24) is 0 Å². The van der Waals surface area contributed by atoms with Gasteiger partial charge in [0, 0.05) is 28.4 Å². The van der Waals surface area contributed by atoms with Gasteiger partial charge in [-0.2, -0.15) is 0 Å². The van der Waals surface area contributed by atoms with Gasteiger partial charge in [0.05, 0.1) is 6.67 Å². The largest absolute Gasteiger partial charge is 0.349 e. The third-order valence-electron chi connectivity index (χ3n) is 4.49. The third kappa shape index (κ3) is 1.83. The van der Waals surface area contributed by atoms with E-state index in [0.29, 0.717) is 0 Å². The van der Waals surface area contributed by atoms with Crippen LogP contribution in [0.15, 0.2) is 41.5 Å². The van der Waals surface area contributed by atoms with E-state index in [2.05, 4.69) is 70.1 Å². The van der Waals surface area contributed by atoms with Crippen LogP contribution in [0.1, 0.15) is 28.4 Å². The van der Waals surface area contributed by atoms with Crippen LogP contribution in [0.3, 0.4) is 0 Å². The van der Waals surface area contributed by atoms with E-state index < -0.39 is 0 Å². The van der Waals surface area contributed by atoms with Crippen LogP contribution in [0, 0.1) is 13.8 Å². The van der Waals surface area contributed by atoms with E-state index in [9.17, 15) is 0 Å². The molecule has 2 aromatic carbocycles. The highest BCUT2D eigenvalue weighted by molar-refractivity contribution is 5.70. The van der Waals surface area contributed by atoms with Gasteiger partial charge in [0.25, 0.3) is 0 Å². The van der Waals surface area contributed by atoms with Crippen LogP contribution < -0.4 is 9.80 Å². The number of hydrogen-bond acceptors (Lipinski definition) is 3. The van der Waals surface area contributed by atoms with Crippen molar-refractivity contribution in [2.75, 3.05) is 16.5 Å². The summed E-state index contributed by atoms with van der Waals surface area (Å²) in [4.78, 5) is 7.63. The summed E-state index contributed by atoms with van der Waals surface area (Å²) in [6, 6.07) is 12.9. The molecule has 110 valence electrons. The molecule has 5 heteroatoms. The first-order chi connectivity index (χ1) is 10.7. The molecular formula is C17H17N5.